The van der Waals surface area contributed by atoms with Gasteiger partial charge < -0.3 is 52.2 Å². The summed E-state index contributed by atoms with van der Waals surface area (Å²) in [5, 5.41) is 24.7. The number of fused-ring (bicyclic) bond motifs is 2. The number of imidazole rings is 2. The van der Waals surface area contributed by atoms with E-state index in [0.29, 0.717) is 31.9 Å². The third-order valence-corrected chi connectivity index (χ3v) is 14.9. The van der Waals surface area contributed by atoms with Crippen molar-refractivity contribution in [2.75, 3.05) is 90.4 Å². The summed E-state index contributed by atoms with van der Waals surface area (Å²) in [7, 11) is 0. The lowest BCUT2D eigenvalue weighted by Gasteiger charge is -2.39. The van der Waals surface area contributed by atoms with Crippen LogP contribution in [0, 0.1) is 0 Å². The van der Waals surface area contributed by atoms with Gasteiger partial charge in [-0.3, -0.25) is 14.4 Å². The predicted molar refractivity (Wildman–Crippen MR) is 331 cm³/mol. The Kier molecular flexibility index (Phi) is 36.0. The summed E-state index contributed by atoms with van der Waals surface area (Å²) >= 11 is 3.15. The zero-order chi connectivity index (χ0) is 59.4. The number of ketones is 1. The van der Waals surface area contributed by atoms with Crippen molar-refractivity contribution in [3.05, 3.63) is 61.2 Å². The number of Topliss-reactive ketones (excluding diaryl/α,β-unsaturated/α-hetero) is 1. The van der Waals surface area contributed by atoms with Crippen molar-refractivity contribution in [2.45, 2.75) is 189 Å². The molecule has 0 bridgehead atoms. The first-order valence-electron chi connectivity index (χ1n) is 30.6. The molecule has 0 saturated heterocycles. The standard InChI is InChI=1S/C33H54N8O2.C21H32N6.C7H10BrF3O.BrH/c1-5-7-11-19-38-23-24-39(20-12-8-6-2)32-27-30(15-16-31(32)38)36-37-33-40(21-13-9-17-34-28(3)42)25-26-41(33)22-14-10-18-35-29(4)43;1-3-5-7-13-26-15-16-27(14-8-6-4-2)20-17-18(9-10-19(20)26)24-25-21-22-11-12-23-21;8-5-3-1-2-4-6(12)7(9,10)11;/h15-16,25-27H,5-14,17-24H2,1-4H3,(H-,34,35,42,43);9-12,17H,3-8,13-16H2,1-2H3,(H,22,23);1-5H2;1H. The number of aromatic nitrogens is 4. The average molecular weight is 1290 g/mol. The molecule has 0 atom stereocenters. The Labute approximate surface area is 512 Å². The van der Waals surface area contributed by atoms with Crippen molar-refractivity contribution in [1.82, 2.24) is 25.2 Å². The topological polar surface area (TPSA) is 175 Å². The second-order valence-corrected chi connectivity index (χ2v) is 22.0. The van der Waals surface area contributed by atoms with E-state index >= 15 is 0 Å². The number of carbonyl (C=O) groups excluding carboxylic acids is 3. The highest BCUT2D eigenvalue weighted by Crippen LogP contribution is 2.39. The largest absolute Gasteiger partial charge is 1.00 e. The van der Waals surface area contributed by atoms with Crippen LogP contribution in [0.3, 0.4) is 0 Å². The van der Waals surface area contributed by atoms with E-state index in [2.05, 4.69) is 152 Å². The van der Waals surface area contributed by atoms with E-state index in [1.165, 1.54) is 99.8 Å². The number of H-pyrrole nitrogens is 1. The highest BCUT2D eigenvalue weighted by molar-refractivity contribution is 9.09. The predicted octanol–water partition coefficient (Wildman–Crippen LogP) is 11.9. The fourth-order valence-electron chi connectivity index (χ4n) is 9.78. The minimum atomic E-state index is -4.64. The number of unbranched alkanes of at least 4 members (excludes halogenated alkanes) is 12. The molecule has 2 aromatic carbocycles. The van der Waals surface area contributed by atoms with E-state index in [1.807, 2.05) is 0 Å². The Morgan fingerprint density at radius 3 is 1.52 bits per heavy atom. The molecule has 4 aromatic rings. The average Bonchev–Trinajstić information content (AvgIpc) is 4.28. The van der Waals surface area contributed by atoms with Crippen LogP contribution >= 0.6 is 15.9 Å². The number of hydrogen-bond acceptors (Lipinski definition) is 12. The zero-order valence-corrected chi connectivity index (χ0v) is 53.8. The van der Waals surface area contributed by atoms with Crippen molar-refractivity contribution in [3.63, 3.8) is 0 Å². The quantitative estimate of drug-likeness (QED) is 0.0177. The Morgan fingerprint density at radius 1 is 0.602 bits per heavy atom. The van der Waals surface area contributed by atoms with Gasteiger partial charge in [-0.2, -0.15) is 13.2 Å². The number of aromatic amines is 1. The molecule has 6 rings (SSSR count). The number of nitrogens with one attached hydrogen (secondary N) is 3. The second-order valence-electron chi connectivity index (χ2n) is 21.2. The Balaban J connectivity index is 0.000000382. The molecule has 464 valence electrons. The zero-order valence-electron chi connectivity index (χ0n) is 50.6. The highest BCUT2D eigenvalue weighted by Gasteiger charge is 2.37. The van der Waals surface area contributed by atoms with Crippen LogP contribution in [0.1, 0.15) is 170 Å². The van der Waals surface area contributed by atoms with Gasteiger partial charge in [0.2, 0.25) is 23.5 Å². The van der Waals surface area contributed by atoms with Crippen LogP contribution in [0.4, 0.5) is 59.2 Å². The molecule has 2 amide bonds. The van der Waals surface area contributed by atoms with E-state index in [4.69, 9.17) is 10.2 Å². The maximum absolute atomic E-state index is 11.6. The lowest BCUT2D eigenvalue weighted by Crippen LogP contribution is -3.00. The minimum absolute atomic E-state index is 0. The van der Waals surface area contributed by atoms with Crippen LogP contribution < -0.4 is 51.8 Å². The number of aryl methyl sites for hydroxylation is 2. The number of alkyl halides is 4. The molecule has 0 aliphatic carbocycles. The normalized spacial score (nSPS) is 13.0. The number of benzene rings is 2. The van der Waals surface area contributed by atoms with Crippen LogP contribution in [0.2, 0.25) is 0 Å². The molecule has 3 N–H and O–H groups in total. The van der Waals surface area contributed by atoms with Crippen LogP contribution in [-0.4, -0.2) is 109 Å². The molecule has 2 aliphatic rings. The first-order valence-corrected chi connectivity index (χ1v) is 31.7. The molecular formula is C61H97Br2F3N14O3. The lowest BCUT2D eigenvalue weighted by molar-refractivity contribution is -0.684. The number of amides is 2. The van der Waals surface area contributed by atoms with Gasteiger partial charge in [0.25, 0.3) is 0 Å². The van der Waals surface area contributed by atoms with Crippen molar-refractivity contribution in [2.24, 2.45) is 20.5 Å². The maximum Gasteiger partial charge on any atom is 0.449 e. The van der Waals surface area contributed by atoms with Crippen LogP contribution in [-0.2, 0) is 27.5 Å². The fourth-order valence-corrected chi connectivity index (χ4v) is 10.2. The van der Waals surface area contributed by atoms with E-state index in [-0.39, 0.29) is 35.2 Å². The monoisotopic (exact) mass is 1290 g/mol. The van der Waals surface area contributed by atoms with Crippen LogP contribution in [0.15, 0.2) is 81.6 Å². The summed E-state index contributed by atoms with van der Waals surface area (Å²) in [6, 6.07) is 13.0. The molecule has 4 heterocycles. The van der Waals surface area contributed by atoms with Gasteiger partial charge in [0.15, 0.2) is 0 Å². The Hall–Kier alpha value is -5.38. The molecule has 0 unspecified atom stereocenters. The fraction of sp³-hybridized carbons (Fsp3) is 0.656. The van der Waals surface area contributed by atoms with E-state index in [0.717, 1.165) is 120 Å². The van der Waals surface area contributed by atoms with Gasteiger partial charge >= 0.3 is 12.1 Å². The number of nitrogens with zero attached hydrogens (tertiary/aromatic N) is 11. The molecule has 2 aromatic heterocycles. The smallest absolute Gasteiger partial charge is 0.449 e. The number of carbonyl (C=O) groups is 3. The molecule has 0 saturated carbocycles. The third kappa shape index (κ3) is 27.5. The van der Waals surface area contributed by atoms with Gasteiger partial charge in [-0.15, -0.1) is 10.2 Å². The van der Waals surface area contributed by atoms with Gasteiger partial charge in [-0.1, -0.05) is 107 Å². The number of anilines is 4. The van der Waals surface area contributed by atoms with Gasteiger partial charge in [-0.25, -0.2) is 14.1 Å². The summed E-state index contributed by atoms with van der Waals surface area (Å²) in [5.41, 5.74) is 6.96. The van der Waals surface area contributed by atoms with Gasteiger partial charge in [0, 0.05) is 109 Å². The van der Waals surface area contributed by atoms with E-state index in [9.17, 15) is 27.6 Å². The molecule has 83 heavy (non-hydrogen) atoms. The molecule has 0 radical (unpaired) electrons. The first-order chi connectivity index (χ1) is 39.7. The first kappa shape index (κ1) is 71.9. The second kappa shape index (κ2) is 41.6. The van der Waals surface area contributed by atoms with Crippen molar-refractivity contribution in [3.8, 4) is 0 Å². The van der Waals surface area contributed by atoms with Gasteiger partial charge in [0.05, 0.1) is 53.9 Å². The van der Waals surface area contributed by atoms with Crippen molar-refractivity contribution < 1.29 is 49.1 Å². The number of rotatable bonds is 35. The Morgan fingerprint density at radius 2 is 1.07 bits per heavy atom. The number of azo groups is 2. The van der Waals surface area contributed by atoms with Crippen LogP contribution in [0.25, 0.3) is 0 Å². The lowest BCUT2D eigenvalue weighted by atomic mass is 10.1. The molecular weight excluding hydrogens is 1190 g/mol. The van der Waals surface area contributed by atoms with E-state index < -0.39 is 12.0 Å². The minimum Gasteiger partial charge on any atom is -1.00 e. The summed E-state index contributed by atoms with van der Waals surface area (Å²) in [5.74, 6) is -0.250. The van der Waals surface area contributed by atoms with E-state index in [1.54, 1.807) is 26.2 Å². The summed E-state index contributed by atoms with van der Waals surface area (Å²) in [4.78, 5) is 49.9. The maximum atomic E-state index is 11.6. The number of halogens is 5. The highest BCUT2D eigenvalue weighted by atomic mass is 79.9. The summed E-state index contributed by atoms with van der Waals surface area (Å²) in [6.07, 6.45) is 23.0. The molecule has 0 fully saturated rings. The van der Waals surface area contributed by atoms with Crippen molar-refractivity contribution in [1.29, 1.82) is 0 Å². The van der Waals surface area contributed by atoms with Gasteiger partial charge in [-0.05, 0) is 101 Å². The SMILES string of the molecule is CCCCCN1CCN(CCCCC)c2cc(N=Nc3n(CCCCNC(C)=O)cc[n+]3CCCCNC(C)=O)ccc21.CCCCCN1CCN(CCCCC)c2cc(N=Nc3ncc[nH]3)ccc21.O=C(CCCCCBr)C(F)(F)F.[Br-]. The van der Waals surface area contributed by atoms with Crippen molar-refractivity contribution >= 4 is 79.5 Å². The molecule has 17 nitrogen and oxygen atoms in total. The molecule has 0 spiro atoms. The van der Waals surface area contributed by atoms with Crippen LogP contribution in [0.5, 0.6) is 0 Å². The summed E-state index contributed by atoms with van der Waals surface area (Å²) < 4.78 is 39.1. The molecule has 2 aliphatic heterocycles. The number of hydrogen-bond donors (Lipinski definition) is 3. The molecule has 22 heteroatoms. The van der Waals surface area contributed by atoms with Gasteiger partial charge in [0.1, 0.15) is 5.69 Å². The Bertz CT molecular complexity index is 2450. The third-order valence-electron chi connectivity index (χ3n) is 14.4. The summed E-state index contributed by atoms with van der Waals surface area (Å²) in [6.45, 7) is 23.8.